The maximum absolute atomic E-state index is 13.6. The molecule has 0 aromatic heterocycles. The summed E-state index contributed by atoms with van der Waals surface area (Å²) in [4.78, 5) is 7.21. The van der Waals surface area contributed by atoms with Crippen LogP contribution in [0.25, 0.3) is 0 Å². The van der Waals surface area contributed by atoms with Crippen molar-refractivity contribution in [3.63, 3.8) is 0 Å². The lowest BCUT2D eigenvalue weighted by atomic mass is 9.97. The minimum atomic E-state index is -0.383. The molecule has 2 aromatic rings. The first-order chi connectivity index (χ1) is 14.6. The van der Waals surface area contributed by atoms with Crippen molar-refractivity contribution in [1.29, 1.82) is 0 Å². The highest BCUT2D eigenvalue weighted by molar-refractivity contribution is 14.0. The minimum Gasteiger partial charge on any atom is -0.392 e. The van der Waals surface area contributed by atoms with Crippen LogP contribution < -0.4 is 10.6 Å². The van der Waals surface area contributed by atoms with Gasteiger partial charge in [0.05, 0.1) is 13.2 Å². The Bertz CT molecular complexity index is 834. The summed E-state index contributed by atoms with van der Waals surface area (Å²) in [5, 5.41) is 16.1. The highest BCUT2D eigenvalue weighted by atomic mass is 127. The van der Waals surface area contributed by atoms with Crippen molar-refractivity contribution in [2.75, 3.05) is 13.1 Å². The summed E-state index contributed by atoms with van der Waals surface area (Å²) in [5.41, 5.74) is 2.54. The third kappa shape index (κ3) is 7.73. The number of rotatable bonds is 7. The second kappa shape index (κ2) is 13.0. The first kappa shape index (κ1) is 25.5. The van der Waals surface area contributed by atoms with E-state index in [4.69, 9.17) is 0 Å². The third-order valence-electron chi connectivity index (χ3n) is 5.63. The Morgan fingerprint density at radius 3 is 2.65 bits per heavy atom. The van der Waals surface area contributed by atoms with Gasteiger partial charge in [0.1, 0.15) is 5.82 Å². The summed E-state index contributed by atoms with van der Waals surface area (Å²) in [7, 11) is 0. The summed E-state index contributed by atoms with van der Waals surface area (Å²) in [6.07, 6.45) is 2.12. The van der Waals surface area contributed by atoms with E-state index in [-0.39, 0.29) is 36.4 Å². The molecule has 2 aromatic carbocycles. The number of likely N-dealkylation sites (tertiary alicyclic amines) is 1. The molecule has 1 fully saturated rings. The minimum absolute atomic E-state index is 0. The van der Waals surface area contributed by atoms with Crippen LogP contribution in [0.2, 0.25) is 0 Å². The second-order valence-corrected chi connectivity index (χ2v) is 7.95. The van der Waals surface area contributed by atoms with E-state index in [9.17, 15) is 9.50 Å². The van der Waals surface area contributed by atoms with E-state index in [1.807, 2.05) is 6.92 Å². The van der Waals surface area contributed by atoms with E-state index in [1.165, 1.54) is 11.6 Å². The van der Waals surface area contributed by atoms with E-state index in [0.717, 1.165) is 44.0 Å². The van der Waals surface area contributed by atoms with Crippen LogP contribution in [0.15, 0.2) is 53.5 Å². The van der Waals surface area contributed by atoms with Gasteiger partial charge in [-0.2, -0.15) is 0 Å². The molecule has 3 N–H and O–H groups in total. The summed E-state index contributed by atoms with van der Waals surface area (Å²) >= 11 is 0. The zero-order chi connectivity index (χ0) is 21.3. The van der Waals surface area contributed by atoms with Crippen LogP contribution >= 0.6 is 24.0 Å². The molecule has 1 saturated heterocycles. The molecule has 3 rings (SSSR count). The van der Waals surface area contributed by atoms with Crippen LogP contribution in [-0.4, -0.2) is 41.1 Å². The fourth-order valence-electron chi connectivity index (χ4n) is 3.94. The van der Waals surface area contributed by atoms with Gasteiger partial charge in [-0.05, 0) is 49.9 Å². The van der Waals surface area contributed by atoms with Crippen LogP contribution in [0, 0.1) is 5.82 Å². The highest BCUT2D eigenvalue weighted by Gasteiger charge is 2.25. The molecule has 1 aliphatic heterocycles. The van der Waals surface area contributed by atoms with Crippen LogP contribution in [0.3, 0.4) is 0 Å². The molecular weight excluding hydrogens is 506 g/mol. The van der Waals surface area contributed by atoms with Gasteiger partial charge < -0.3 is 15.7 Å². The van der Waals surface area contributed by atoms with Crippen LogP contribution in [0.1, 0.15) is 43.4 Å². The number of aliphatic imine (C=N–C) groups is 1. The largest absolute Gasteiger partial charge is 0.392 e. The van der Waals surface area contributed by atoms with E-state index < -0.39 is 0 Å². The Labute approximate surface area is 202 Å². The molecule has 170 valence electrons. The Morgan fingerprint density at radius 1 is 1.19 bits per heavy atom. The lowest BCUT2D eigenvalue weighted by Crippen LogP contribution is -2.51. The molecular formula is C24H34FIN4O. The Balaban J connectivity index is 0.00000341. The quantitative estimate of drug-likeness (QED) is 0.282. The van der Waals surface area contributed by atoms with Crippen molar-refractivity contribution in [2.24, 2.45) is 4.99 Å². The van der Waals surface area contributed by atoms with Crippen molar-refractivity contribution in [2.45, 2.75) is 58.5 Å². The van der Waals surface area contributed by atoms with Gasteiger partial charge >= 0.3 is 0 Å². The van der Waals surface area contributed by atoms with Gasteiger partial charge in [-0.1, -0.05) is 36.4 Å². The predicted octanol–water partition coefficient (Wildman–Crippen LogP) is 4.04. The number of guanidine groups is 1. The molecule has 0 saturated carbocycles. The average Bonchev–Trinajstić information content (AvgIpc) is 2.76. The lowest BCUT2D eigenvalue weighted by molar-refractivity contribution is 0.134. The number of hydrogen-bond donors (Lipinski definition) is 3. The summed E-state index contributed by atoms with van der Waals surface area (Å²) < 4.78 is 13.6. The van der Waals surface area contributed by atoms with E-state index in [1.54, 1.807) is 12.1 Å². The van der Waals surface area contributed by atoms with Gasteiger partial charge in [-0.3, -0.25) is 4.90 Å². The van der Waals surface area contributed by atoms with Crippen molar-refractivity contribution in [3.05, 3.63) is 71.0 Å². The summed E-state index contributed by atoms with van der Waals surface area (Å²) in [6, 6.07) is 16.3. The fourth-order valence-corrected chi connectivity index (χ4v) is 3.94. The first-order valence-electron chi connectivity index (χ1n) is 10.8. The fraction of sp³-hybridized carbons (Fsp3) is 0.458. The smallest absolute Gasteiger partial charge is 0.191 e. The second-order valence-electron chi connectivity index (χ2n) is 7.95. The van der Waals surface area contributed by atoms with E-state index >= 15 is 0 Å². The number of aliphatic hydroxyl groups excluding tert-OH is 1. The highest BCUT2D eigenvalue weighted by Crippen LogP contribution is 2.20. The molecule has 0 amide bonds. The predicted molar refractivity (Wildman–Crippen MR) is 135 cm³/mol. The van der Waals surface area contributed by atoms with Crippen molar-refractivity contribution in [3.8, 4) is 0 Å². The first-order valence-corrected chi connectivity index (χ1v) is 10.8. The van der Waals surface area contributed by atoms with Crippen molar-refractivity contribution >= 4 is 29.9 Å². The van der Waals surface area contributed by atoms with Crippen molar-refractivity contribution in [1.82, 2.24) is 15.5 Å². The number of aliphatic hydroxyl groups is 1. The van der Waals surface area contributed by atoms with Gasteiger partial charge in [0.15, 0.2) is 5.96 Å². The standard InChI is InChI=1S/C24H33FN4O.HI/c1-3-26-24(27-15-20-9-10-23(25)21(14-20)17-30)28-22-11-12-29(18(2)13-22)16-19-7-5-4-6-8-19;/h4-10,14,18,22,30H,3,11-13,15-17H2,1-2H3,(H2,26,27,28);1H. The van der Waals surface area contributed by atoms with Crippen molar-refractivity contribution < 1.29 is 9.50 Å². The van der Waals surface area contributed by atoms with Crippen LogP contribution in [0.5, 0.6) is 0 Å². The molecule has 1 aliphatic rings. The van der Waals surface area contributed by atoms with Gasteiger partial charge in [-0.15, -0.1) is 24.0 Å². The molecule has 0 spiro atoms. The van der Waals surface area contributed by atoms with Gasteiger partial charge in [0.25, 0.3) is 0 Å². The normalized spacial score (nSPS) is 19.5. The Hall–Kier alpha value is -1.71. The zero-order valence-electron chi connectivity index (χ0n) is 18.4. The SMILES string of the molecule is CCNC(=NCc1ccc(F)c(CO)c1)NC1CCN(Cc2ccccc2)C(C)C1.I. The Kier molecular flexibility index (Phi) is 10.7. The molecule has 2 atom stereocenters. The molecule has 0 bridgehead atoms. The number of piperidine rings is 1. The molecule has 7 heteroatoms. The topological polar surface area (TPSA) is 59.9 Å². The number of benzene rings is 2. The Morgan fingerprint density at radius 2 is 1.97 bits per heavy atom. The van der Waals surface area contributed by atoms with Gasteiger partial charge in [0.2, 0.25) is 0 Å². The van der Waals surface area contributed by atoms with Gasteiger partial charge in [-0.25, -0.2) is 9.38 Å². The monoisotopic (exact) mass is 540 g/mol. The molecule has 0 radical (unpaired) electrons. The molecule has 5 nitrogen and oxygen atoms in total. The molecule has 2 unspecified atom stereocenters. The zero-order valence-corrected chi connectivity index (χ0v) is 20.7. The maximum Gasteiger partial charge on any atom is 0.191 e. The summed E-state index contributed by atoms with van der Waals surface area (Å²) in [5.74, 6) is 0.396. The molecule has 31 heavy (non-hydrogen) atoms. The van der Waals surface area contributed by atoms with Crippen LogP contribution in [0.4, 0.5) is 4.39 Å². The van der Waals surface area contributed by atoms with Gasteiger partial charge in [0, 0.05) is 37.3 Å². The summed E-state index contributed by atoms with van der Waals surface area (Å²) in [6.45, 7) is 7.27. The van der Waals surface area contributed by atoms with E-state index in [2.05, 4.69) is 57.8 Å². The number of nitrogens with zero attached hydrogens (tertiary/aromatic N) is 2. The lowest BCUT2D eigenvalue weighted by Gasteiger charge is -2.38. The maximum atomic E-state index is 13.6. The van der Waals surface area contributed by atoms with Crippen LogP contribution in [-0.2, 0) is 19.7 Å². The molecule has 1 heterocycles. The number of hydrogen-bond acceptors (Lipinski definition) is 3. The number of nitrogens with one attached hydrogen (secondary N) is 2. The average molecular weight is 540 g/mol. The van der Waals surface area contributed by atoms with E-state index in [0.29, 0.717) is 24.2 Å². The third-order valence-corrected chi connectivity index (χ3v) is 5.63. The number of halogens is 2. The molecule has 0 aliphatic carbocycles.